The number of methoxy groups -OCH3 is 1. The first-order chi connectivity index (χ1) is 17.4. The van der Waals surface area contributed by atoms with Crippen LogP contribution in [0.25, 0.3) is 10.9 Å². The molecule has 3 aromatic rings. The largest absolute Gasteiger partial charge is 0.497 e. The van der Waals surface area contributed by atoms with Crippen LogP contribution >= 0.6 is 11.8 Å². The smallest absolute Gasteiger partial charge is 0.303 e. The molecule has 3 heterocycles. The van der Waals surface area contributed by atoms with Crippen molar-refractivity contribution in [3.8, 4) is 5.75 Å². The van der Waals surface area contributed by atoms with Gasteiger partial charge >= 0.3 is 5.97 Å². The molecule has 1 aliphatic rings. The number of fused-ring (bicyclic) bond motifs is 1. The number of aromatic nitrogens is 2. The Hall–Kier alpha value is -2.58. The normalized spacial score (nSPS) is 19.4. The van der Waals surface area contributed by atoms with Gasteiger partial charge in [-0.15, -0.1) is 11.8 Å². The van der Waals surface area contributed by atoms with E-state index in [9.17, 15) is 9.90 Å². The van der Waals surface area contributed by atoms with Crippen LogP contribution in [0.4, 0.5) is 4.39 Å². The highest BCUT2D eigenvalue weighted by Crippen LogP contribution is 2.36. The quantitative estimate of drug-likeness (QED) is 0.238. The van der Waals surface area contributed by atoms with Crippen LogP contribution in [-0.4, -0.2) is 58.0 Å². The van der Waals surface area contributed by atoms with E-state index < -0.39 is 12.1 Å². The summed E-state index contributed by atoms with van der Waals surface area (Å²) >= 11 is 1.86. The number of nitrogens with zero attached hydrogens (tertiary/aromatic N) is 3. The topological polar surface area (TPSA) is 67.6 Å². The molecule has 36 heavy (non-hydrogen) atoms. The van der Waals surface area contributed by atoms with Crippen molar-refractivity contribution < 1.29 is 19.0 Å². The van der Waals surface area contributed by atoms with Crippen molar-refractivity contribution in [2.24, 2.45) is 18.9 Å². The molecule has 1 aliphatic heterocycles. The molecule has 3 atom stereocenters. The third kappa shape index (κ3) is 7.01. The SMILES string of the molecule is COc1ccc2nccc(C(F)CC[C@@H]3CCN(CCCSc4ccn(C)c4)C[C@@H]3CC(=O)O)c2c1. The Labute approximate surface area is 216 Å². The molecule has 0 aliphatic carbocycles. The fraction of sp³-hybridized carbons (Fsp3) is 0.500. The summed E-state index contributed by atoms with van der Waals surface area (Å²) < 4.78 is 22.8. The highest BCUT2D eigenvalue weighted by Gasteiger charge is 2.31. The van der Waals surface area contributed by atoms with Crippen molar-refractivity contribution in [1.82, 2.24) is 14.5 Å². The van der Waals surface area contributed by atoms with E-state index in [1.54, 1.807) is 19.4 Å². The van der Waals surface area contributed by atoms with Gasteiger partial charge in [0, 0.05) is 48.9 Å². The van der Waals surface area contributed by atoms with E-state index in [1.165, 1.54) is 4.90 Å². The molecule has 8 heteroatoms. The number of benzene rings is 1. The van der Waals surface area contributed by atoms with E-state index in [0.29, 0.717) is 24.2 Å². The van der Waals surface area contributed by atoms with E-state index in [2.05, 4.69) is 32.9 Å². The maximum absolute atomic E-state index is 15.5. The summed E-state index contributed by atoms with van der Waals surface area (Å²) in [6.45, 7) is 2.70. The van der Waals surface area contributed by atoms with Crippen LogP contribution in [0.1, 0.15) is 43.8 Å². The van der Waals surface area contributed by atoms with Crippen LogP contribution in [0, 0.1) is 11.8 Å². The van der Waals surface area contributed by atoms with Crippen LogP contribution in [0.3, 0.4) is 0 Å². The van der Waals surface area contributed by atoms with Gasteiger partial charge < -0.3 is 19.3 Å². The highest BCUT2D eigenvalue weighted by atomic mass is 32.2. The van der Waals surface area contributed by atoms with Crippen molar-refractivity contribution in [2.75, 3.05) is 32.5 Å². The first-order valence-electron chi connectivity index (χ1n) is 12.7. The molecule has 194 valence electrons. The molecule has 0 spiro atoms. The van der Waals surface area contributed by atoms with Crippen LogP contribution < -0.4 is 4.74 Å². The number of hydrogen-bond acceptors (Lipinski definition) is 5. The molecule has 1 N–H and O–H groups in total. The Balaban J connectivity index is 1.31. The van der Waals surface area contributed by atoms with Crippen molar-refractivity contribution in [2.45, 2.75) is 43.2 Å². The molecule has 6 nitrogen and oxygen atoms in total. The van der Waals surface area contributed by atoms with Gasteiger partial charge in [-0.1, -0.05) is 0 Å². The van der Waals surface area contributed by atoms with Gasteiger partial charge in [0.2, 0.25) is 0 Å². The molecule has 0 bridgehead atoms. The number of alkyl halides is 1. The second-order valence-electron chi connectivity index (χ2n) is 9.75. The fourth-order valence-electron chi connectivity index (χ4n) is 5.30. The minimum absolute atomic E-state index is 0.0551. The van der Waals surface area contributed by atoms with E-state index in [-0.39, 0.29) is 18.3 Å². The minimum Gasteiger partial charge on any atom is -0.497 e. The highest BCUT2D eigenvalue weighted by molar-refractivity contribution is 7.99. The van der Waals surface area contributed by atoms with Crippen LogP contribution in [0.2, 0.25) is 0 Å². The van der Waals surface area contributed by atoms with Crippen molar-refractivity contribution in [3.05, 3.63) is 54.5 Å². The van der Waals surface area contributed by atoms with E-state index in [0.717, 1.165) is 49.1 Å². The Kier molecular flexibility index (Phi) is 9.26. The summed E-state index contributed by atoms with van der Waals surface area (Å²) in [5, 5.41) is 10.3. The molecule has 0 saturated carbocycles. The number of carboxylic acid groups (broad SMARTS) is 1. The summed E-state index contributed by atoms with van der Waals surface area (Å²) in [5.41, 5.74) is 1.38. The number of halogens is 1. The van der Waals surface area contributed by atoms with Crippen molar-refractivity contribution in [3.63, 3.8) is 0 Å². The lowest BCUT2D eigenvalue weighted by Crippen LogP contribution is -2.42. The Morgan fingerprint density at radius 1 is 1.31 bits per heavy atom. The molecule has 1 unspecified atom stereocenters. The number of thioether (sulfide) groups is 1. The van der Waals surface area contributed by atoms with Gasteiger partial charge in [-0.05, 0) is 92.3 Å². The minimum atomic E-state index is -1.12. The van der Waals surface area contributed by atoms with Crippen LogP contribution in [-0.2, 0) is 11.8 Å². The molecular formula is C28H36FN3O3S. The molecule has 1 aromatic carbocycles. The predicted molar refractivity (Wildman–Crippen MR) is 142 cm³/mol. The second kappa shape index (κ2) is 12.6. The first-order valence-corrected chi connectivity index (χ1v) is 13.7. The first kappa shape index (κ1) is 26.5. The van der Waals surface area contributed by atoms with Gasteiger partial charge in [-0.3, -0.25) is 9.78 Å². The molecule has 1 fully saturated rings. The zero-order valence-electron chi connectivity index (χ0n) is 21.1. The number of aryl methyl sites for hydroxylation is 1. The lowest BCUT2D eigenvalue weighted by molar-refractivity contribution is -0.139. The molecule has 4 rings (SSSR count). The Morgan fingerprint density at radius 3 is 2.92 bits per heavy atom. The zero-order chi connectivity index (χ0) is 25.5. The lowest BCUT2D eigenvalue weighted by Gasteiger charge is -2.38. The lowest BCUT2D eigenvalue weighted by atomic mass is 9.79. The number of piperidine rings is 1. The second-order valence-corrected chi connectivity index (χ2v) is 10.9. The number of aliphatic carboxylic acids is 1. The van der Waals surface area contributed by atoms with Gasteiger partial charge in [-0.2, -0.15) is 0 Å². The standard InChI is InChI=1S/C28H36FN3O3S/c1-31-13-10-23(19-31)36-15-3-12-32-14-9-20(21(18-32)16-28(33)34)4-6-26(29)24-8-11-30-27-7-5-22(35-2)17-25(24)27/h5,7-8,10-11,13,17,19-21,26H,3-4,6,9,12,14-16,18H2,1-2H3,(H,33,34)/t20-,21+,26?/m1/s1. The van der Waals surface area contributed by atoms with E-state index in [4.69, 9.17) is 4.74 Å². The van der Waals surface area contributed by atoms with Gasteiger partial charge in [0.15, 0.2) is 0 Å². The molecule has 1 saturated heterocycles. The molecular weight excluding hydrogens is 477 g/mol. The number of pyridine rings is 1. The van der Waals surface area contributed by atoms with Gasteiger partial charge in [-0.25, -0.2) is 4.39 Å². The molecule has 2 aromatic heterocycles. The average Bonchev–Trinajstić information content (AvgIpc) is 3.29. The van der Waals surface area contributed by atoms with Gasteiger partial charge in [0.25, 0.3) is 0 Å². The fourth-order valence-corrected chi connectivity index (χ4v) is 6.21. The van der Waals surface area contributed by atoms with Crippen LogP contribution in [0.5, 0.6) is 5.75 Å². The molecule has 0 amide bonds. The predicted octanol–water partition coefficient (Wildman–Crippen LogP) is 5.97. The average molecular weight is 514 g/mol. The number of hydrogen-bond donors (Lipinski definition) is 1. The number of ether oxygens (including phenoxy) is 1. The summed E-state index contributed by atoms with van der Waals surface area (Å²) in [4.78, 5) is 19.6. The maximum atomic E-state index is 15.5. The summed E-state index contributed by atoms with van der Waals surface area (Å²) in [7, 11) is 3.62. The summed E-state index contributed by atoms with van der Waals surface area (Å²) in [6, 6.07) is 9.39. The van der Waals surface area contributed by atoms with E-state index in [1.807, 2.05) is 37.0 Å². The zero-order valence-corrected chi connectivity index (χ0v) is 21.9. The van der Waals surface area contributed by atoms with Gasteiger partial charge in [0.05, 0.1) is 12.6 Å². The Morgan fingerprint density at radius 2 is 2.17 bits per heavy atom. The third-order valence-electron chi connectivity index (χ3n) is 7.22. The maximum Gasteiger partial charge on any atom is 0.303 e. The van der Waals surface area contributed by atoms with Gasteiger partial charge in [0.1, 0.15) is 11.9 Å². The third-order valence-corrected chi connectivity index (χ3v) is 8.28. The number of rotatable bonds is 12. The van der Waals surface area contributed by atoms with E-state index >= 15 is 4.39 Å². The van der Waals surface area contributed by atoms with Crippen LogP contribution in [0.15, 0.2) is 53.8 Å². The van der Waals surface area contributed by atoms with Crippen molar-refractivity contribution in [1.29, 1.82) is 0 Å². The summed E-state index contributed by atoms with van der Waals surface area (Å²) in [6.07, 6.45) is 7.90. The monoisotopic (exact) mass is 513 g/mol. The van der Waals surface area contributed by atoms with Crippen molar-refractivity contribution >= 4 is 28.6 Å². The number of carboxylic acids is 1. The number of likely N-dealkylation sites (tertiary alicyclic amines) is 1. The molecule has 0 radical (unpaired) electrons. The number of carbonyl (C=O) groups is 1. The summed E-state index contributed by atoms with van der Waals surface area (Å²) in [5.74, 6) is 1.23. The Bertz CT molecular complexity index is 1150.